The second-order valence-corrected chi connectivity index (χ2v) is 3.14. The van der Waals surface area contributed by atoms with E-state index in [1.165, 1.54) is 6.92 Å². The van der Waals surface area contributed by atoms with Gasteiger partial charge in [-0.25, -0.2) is 9.37 Å². The quantitative estimate of drug-likeness (QED) is 0.621. The molecule has 0 spiro atoms. The predicted octanol–water partition coefficient (Wildman–Crippen LogP) is 2.80. The van der Waals surface area contributed by atoms with Crippen molar-refractivity contribution in [2.75, 3.05) is 0 Å². The molecule has 0 N–H and O–H groups in total. The van der Waals surface area contributed by atoms with E-state index in [9.17, 15) is 17.6 Å². The van der Waals surface area contributed by atoms with Crippen LogP contribution in [-0.4, -0.2) is 9.38 Å². The summed E-state index contributed by atoms with van der Waals surface area (Å²) in [5.74, 6) is -0.918. The third-order valence-corrected chi connectivity index (χ3v) is 2.10. The van der Waals surface area contributed by atoms with Gasteiger partial charge in [0, 0.05) is 6.07 Å². The third-order valence-electron chi connectivity index (χ3n) is 2.10. The van der Waals surface area contributed by atoms with Gasteiger partial charge in [0.15, 0.2) is 0 Å². The zero-order chi connectivity index (χ0) is 11.2. The van der Waals surface area contributed by atoms with Crippen LogP contribution in [-0.2, 0) is 6.18 Å². The monoisotopic (exact) mass is 218 g/mol. The van der Waals surface area contributed by atoms with E-state index in [1.54, 1.807) is 0 Å². The molecule has 2 aromatic rings. The summed E-state index contributed by atoms with van der Waals surface area (Å²) >= 11 is 0. The average molecular weight is 218 g/mol. The number of alkyl halides is 3. The van der Waals surface area contributed by atoms with Gasteiger partial charge in [-0.15, -0.1) is 0 Å². The fraction of sp³-hybridized carbons (Fsp3) is 0.222. The van der Waals surface area contributed by atoms with Crippen LogP contribution in [0.2, 0.25) is 0 Å². The maximum atomic E-state index is 12.9. The largest absolute Gasteiger partial charge is 0.431 e. The highest BCUT2D eigenvalue weighted by atomic mass is 19.4. The number of halogens is 4. The number of hydrogen-bond acceptors (Lipinski definition) is 1. The van der Waals surface area contributed by atoms with Crippen molar-refractivity contribution < 1.29 is 17.6 Å². The highest BCUT2D eigenvalue weighted by Gasteiger charge is 2.34. The molecule has 0 aliphatic heterocycles. The summed E-state index contributed by atoms with van der Waals surface area (Å²) in [5, 5.41) is 0. The fourth-order valence-corrected chi connectivity index (χ4v) is 1.40. The molecule has 2 heterocycles. The van der Waals surface area contributed by atoms with Crippen LogP contribution < -0.4 is 0 Å². The molecule has 2 nitrogen and oxygen atoms in total. The van der Waals surface area contributed by atoms with Gasteiger partial charge in [0.2, 0.25) is 0 Å². The maximum absolute atomic E-state index is 12.9. The lowest BCUT2D eigenvalue weighted by Gasteiger charge is -2.09. The van der Waals surface area contributed by atoms with Gasteiger partial charge in [-0.05, 0) is 13.0 Å². The van der Waals surface area contributed by atoms with Crippen LogP contribution in [0.4, 0.5) is 17.6 Å². The molecule has 2 rings (SSSR count). The summed E-state index contributed by atoms with van der Waals surface area (Å²) in [5.41, 5.74) is -0.569. The summed E-state index contributed by atoms with van der Waals surface area (Å²) in [6.07, 6.45) is -3.56. The molecule has 0 aromatic carbocycles. The van der Waals surface area contributed by atoms with Crippen LogP contribution in [0.25, 0.3) is 5.52 Å². The third kappa shape index (κ3) is 1.55. The molecule has 2 aromatic heterocycles. The molecule has 6 heteroatoms. The van der Waals surface area contributed by atoms with E-state index < -0.39 is 17.7 Å². The Morgan fingerprint density at radius 1 is 1.27 bits per heavy atom. The average Bonchev–Trinajstić information content (AvgIpc) is 2.45. The van der Waals surface area contributed by atoms with Crippen molar-refractivity contribution in [1.82, 2.24) is 9.38 Å². The van der Waals surface area contributed by atoms with Gasteiger partial charge in [-0.1, -0.05) is 0 Å². The zero-order valence-corrected chi connectivity index (χ0v) is 7.64. The molecule has 0 radical (unpaired) electrons. The molecule has 80 valence electrons. The Balaban J connectivity index is 2.84. The molecular formula is C9H6F4N2. The van der Waals surface area contributed by atoms with Gasteiger partial charge >= 0.3 is 6.18 Å². The van der Waals surface area contributed by atoms with E-state index in [0.29, 0.717) is 11.8 Å². The summed E-state index contributed by atoms with van der Waals surface area (Å²) in [4.78, 5) is 3.71. The molecule has 0 amide bonds. The standard InChI is InChI=1S/C9H6F4N2/c1-5-7-2-6(10)3-8(9(11,12)13)15(7)4-14-5/h2-4H,1H3. The molecule has 0 unspecified atom stereocenters. The van der Waals surface area contributed by atoms with E-state index in [2.05, 4.69) is 4.98 Å². The van der Waals surface area contributed by atoms with Crippen LogP contribution in [0.5, 0.6) is 0 Å². The lowest BCUT2D eigenvalue weighted by Crippen LogP contribution is -2.11. The number of imidazole rings is 1. The topological polar surface area (TPSA) is 17.3 Å². The van der Waals surface area contributed by atoms with Crippen molar-refractivity contribution in [2.24, 2.45) is 0 Å². The fourth-order valence-electron chi connectivity index (χ4n) is 1.40. The zero-order valence-electron chi connectivity index (χ0n) is 7.64. The van der Waals surface area contributed by atoms with Crippen molar-refractivity contribution in [2.45, 2.75) is 13.1 Å². The van der Waals surface area contributed by atoms with Crippen molar-refractivity contribution >= 4 is 5.52 Å². The number of aromatic nitrogens is 2. The first-order valence-corrected chi connectivity index (χ1v) is 4.10. The summed E-state index contributed by atoms with van der Waals surface area (Å²) < 4.78 is 51.3. The molecule has 0 bridgehead atoms. The summed E-state index contributed by atoms with van der Waals surface area (Å²) in [7, 11) is 0. The van der Waals surface area contributed by atoms with Crippen molar-refractivity contribution in [3.63, 3.8) is 0 Å². The van der Waals surface area contributed by atoms with E-state index in [0.717, 1.165) is 16.8 Å². The first kappa shape index (κ1) is 9.95. The SMILES string of the molecule is Cc1ncn2c(C(F)(F)F)cc(F)cc12. The van der Waals surface area contributed by atoms with Gasteiger partial charge in [-0.2, -0.15) is 13.2 Å². The van der Waals surface area contributed by atoms with Crippen LogP contribution in [0.15, 0.2) is 18.5 Å². The van der Waals surface area contributed by atoms with Crippen molar-refractivity contribution in [3.8, 4) is 0 Å². The normalized spacial score (nSPS) is 12.3. The summed E-state index contributed by atoms with van der Waals surface area (Å²) in [6.45, 7) is 1.52. The van der Waals surface area contributed by atoms with Crippen LogP contribution in [0.3, 0.4) is 0 Å². The molecule has 0 aliphatic carbocycles. The van der Waals surface area contributed by atoms with Crippen LogP contribution in [0, 0.1) is 12.7 Å². The molecule has 0 saturated heterocycles. The minimum Gasteiger partial charge on any atom is -0.294 e. The number of nitrogens with zero attached hydrogens (tertiary/aromatic N) is 2. The predicted molar refractivity (Wildman–Crippen MR) is 44.9 cm³/mol. The second kappa shape index (κ2) is 2.95. The molecule has 15 heavy (non-hydrogen) atoms. The smallest absolute Gasteiger partial charge is 0.294 e. The van der Waals surface area contributed by atoms with Gasteiger partial charge in [0.1, 0.15) is 17.8 Å². The first-order chi connectivity index (χ1) is 6.89. The number of fused-ring (bicyclic) bond motifs is 1. The molecular weight excluding hydrogens is 212 g/mol. The number of hydrogen-bond donors (Lipinski definition) is 0. The maximum Gasteiger partial charge on any atom is 0.431 e. The Morgan fingerprint density at radius 3 is 2.53 bits per heavy atom. The Morgan fingerprint density at radius 2 is 1.93 bits per heavy atom. The molecule has 0 atom stereocenters. The van der Waals surface area contributed by atoms with E-state index in [4.69, 9.17) is 0 Å². The number of aryl methyl sites for hydroxylation is 1. The highest BCUT2D eigenvalue weighted by molar-refractivity contribution is 5.53. The van der Waals surface area contributed by atoms with Crippen LogP contribution in [0.1, 0.15) is 11.4 Å². The van der Waals surface area contributed by atoms with E-state index >= 15 is 0 Å². The van der Waals surface area contributed by atoms with Gasteiger partial charge < -0.3 is 0 Å². The van der Waals surface area contributed by atoms with Gasteiger partial charge in [0.25, 0.3) is 0 Å². The number of rotatable bonds is 0. The Bertz CT molecular complexity index is 513. The first-order valence-electron chi connectivity index (χ1n) is 4.10. The number of pyridine rings is 1. The Hall–Kier alpha value is -1.59. The molecule has 0 aliphatic rings. The Labute approximate surface area is 82.2 Å². The molecule has 0 saturated carbocycles. The minimum absolute atomic E-state index is 0.127. The second-order valence-electron chi connectivity index (χ2n) is 3.14. The summed E-state index contributed by atoms with van der Waals surface area (Å²) in [6, 6.07) is 1.48. The Kier molecular flexibility index (Phi) is 1.95. The lowest BCUT2D eigenvalue weighted by molar-refractivity contribution is -0.142. The van der Waals surface area contributed by atoms with E-state index in [1.807, 2.05) is 0 Å². The molecule has 0 fully saturated rings. The highest BCUT2D eigenvalue weighted by Crippen LogP contribution is 2.30. The van der Waals surface area contributed by atoms with Crippen molar-refractivity contribution in [3.05, 3.63) is 35.7 Å². The van der Waals surface area contributed by atoms with Gasteiger partial charge in [-0.3, -0.25) is 4.40 Å². The minimum atomic E-state index is -4.59. The van der Waals surface area contributed by atoms with E-state index in [-0.39, 0.29) is 5.52 Å². The van der Waals surface area contributed by atoms with Gasteiger partial charge in [0.05, 0.1) is 11.2 Å². The lowest BCUT2D eigenvalue weighted by atomic mass is 10.3. The van der Waals surface area contributed by atoms with Crippen molar-refractivity contribution in [1.29, 1.82) is 0 Å². The van der Waals surface area contributed by atoms with Crippen LogP contribution >= 0.6 is 0 Å².